The van der Waals surface area contributed by atoms with Crippen molar-refractivity contribution < 1.29 is 4.42 Å². The molecule has 0 saturated heterocycles. The average Bonchev–Trinajstić information content (AvgIpc) is 2.60. The lowest BCUT2D eigenvalue weighted by molar-refractivity contribution is 0.502. The molecule has 15 heavy (non-hydrogen) atoms. The Hall–Kier alpha value is -1.50. The van der Waals surface area contributed by atoms with Crippen molar-refractivity contribution >= 4 is 17.0 Å². The molecule has 0 saturated carbocycles. The van der Waals surface area contributed by atoms with Crippen molar-refractivity contribution in [2.45, 2.75) is 26.2 Å². The third-order valence-electron chi connectivity index (χ3n) is 3.20. The highest BCUT2D eigenvalue weighted by atomic mass is 16.3. The third-order valence-corrected chi connectivity index (χ3v) is 3.20. The van der Waals surface area contributed by atoms with Gasteiger partial charge < -0.3 is 4.42 Å². The van der Waals surface area contributed by atoms with E-state index in [4.69, 9.17) is 4.42 Å². The van der Waals surface area contributed by atoms with Crippen LogP contribution < -0.4 is 0 Å². The molecule has 0 spiro atoms. The predicted molar refractivity (Wildman–Crippen MR) is 63.0 cm³/mol. The SMILES string of the molecule is Cc1cccc2c3c(oc12)C(C)CC=C3. The number of allylic oxidation sites excluding steroid dienone is 1. The van der Waals surface area contributed by atoms with Crippen LogP contribution in [0.2, 0.25) is 0 Å². The van der Waals surface area contributed by atoms with E-state index in [0.29, 0.717) is 5.92 Å². The van der Waals surface area contributed by atoms with Gasteiger partial charge in [0.25, 0.3) is 0 Å². The highest BCUT2D eigenvalue weighted by Gasteiger charge is 2.20. The van der Waals surface area contributed by atoms with Gasteiger partial charge in [0.1, 0.15) is 11.3 Å². The number of hydrogen-bond donors (Lipinski definition) is 0. The van der Waals surface area contributed by atoms with Gasteiger partial charge in [-0.15, -0.1) is 0 Å². The van der Waals surface area contributed by atoms with Gasteiger partial charge in [-0.3, -0.25) is 0 Å². The summed E-state index contributed by atoms with van der Waals surface area (Å²) in [5, 5.41) is 1.26. The van der Waals surface area contributed by atoms with Crippen molar-refractivity contribution in [3.63, 3.8) is 0 Å². The molecule has 0 amide bonds. The van der Waals surface area contributed by atoms with Crippen molar-refractivity contribution in [1.82, 2.24) is 0 Å². The van der Waals surface area contributed by atoms with Crippen LogP contribution in [0.5, 0.6) is 0 Å². The van der Waals surface area contributed by atoms with E-state index in [1.165, 1.54) is 16.5 Å². The lowest BCUT2D eigenvalue weighted by Gasteiger charge is -2.10. The standard InChI is InChI=1S/C14H14O/c1-9-5-3-7-11-12-8-4-6-10(2)14(12)15-13(9)11/h3-5,7-8,10H,6H2,1-2H3. The van der Waals surface area contributed by atoms with Crippen LogP contribution in [0.4, 0.5) is 0 Å². The zero-order valence-electron chi connectivity index (χ0n) is 9.08. The summed E-state index contributed by atoms with van der Waals surface area (Å²) in [7, 11) is 0. The molecule has 1 aliphatic carbocycles. The molecule has 3 rings (SSSR count). The number of hydrogen-bond acceptors (Lipinski definition) is 1. The molecule has 0 bridgehead atoms. The Morgan fingerprint density at radius 2 is 2.20 bits per heavy atom. The highest BCUT2D eigenvalue weighted by molar-refractivity contribution is 5.91. The number of rotatable bonds is 0. The van der Waals surface area contributed by atoms with Gasteiger partial charge in [0.2, 0.25) is 0 Å². The number of para-hydroxylation sites is 1. The van der Waals surface area contributed by atoms with Gasteiger partial charge in [0.15, 0.2) is 0 Å². The van der Waals surface area contributed by atoms with E-state index in [-0.39, 0.29) is 0 Å². The molecule has 1 aromatic carbocycles. The summed E-state index contributed by atoms with van der Waals surface area (Å²) in [6.07, 6.45) is 5.52. The fraction of sp³-hybridized carbons (Fsp3) is 0.286. The van der Waals surface area contributed by atoms with Crippen LogP contribution in [0.3, 0.4) is 0 Å². The van der Waals surface area contributed by atoms with E-state index in [2.05, 4.69) is 44.2 Å². The number of aryl methyl sites for hydroxylation is 1. The lowest BCUT2D eigenvalue weighted by atomic mass is 9.94. The van der Waals surface area contributed by atoms with Crippen molar-refractivity contribution in [3.8, 4) is 0 Å². The number of furan rings is 1. The summed E-state index contributed by atoms with van der Waals surface area (Å²) < 4.78 is 5.98. The highest BCUT2D eigenvalue weighted by Crippen LogP contribution is 2.37. The quantitative estimate of drug-likeness (QED) is 0.616. The first-order valence-corrected chi connectivity index (χ1v) is 5.46. The maximum atomic E-state index is 5.98. The first-order chi connectivity index (χ1) is 7.27. The van der Waals surface area contributed by atoms with Crippen molar-refractivity contribution in [2.24, 2.45) is 0 Å². The summed E-state index contributed by atoms with van der Waals surface area (Å²) in [5.74, 6) is 1.67. The van der Waals surface area contributed by atoms with Gasteiger partial charge >= 0.3 is 0 Å². The summed E-state index contributed by atoms with van der Waals surface area (Å²) in [6, 6.07) is 6.35. The van der Waals surface area contributed by atoms with Gasteiger partial charge in [0.05, 0.1) is 0 Å². The maximum Gasteiger partial charge on any atom is 0.137 e. The van der Waals surface area contributed by atoms with Crippen molar-refractivity contribution in [2.75, 3.05) is 0 Å². The second-order valence-electron chi connectivity index (χ2n) is 4.37. The van der Waals surface area contributed by atoms with Crippen LogP contribution in [-0.2, 0) is 0 Å². The van der Waals surface area contributed by atoms with E-state index >= 15 is 0 Å². The molecular weight excluding hydrogens is 184 g/mol. The van der Waals surface area contributed by atoms with E-state index in [9.17, 15) is 0 Å². The van der Waals surface area contributed by atoms with E-state index < -0.39 is 0 Å². The monoisotopic (exact) mass is 198 g/mol. The lowest BCUT2D eigenvalue weighted by Crippen LogP contribution is -1.95. The minimum atomic E-state index is 0.511. The summed E-state index contributed by atoms with van der Waals surface area (Å²) >= 11 is 0. The molecule has 0 N–H and O–H groups in total. The summed E-state index contributed by atoms with van der Waals surface area (Å²) in [5.41, 5.74) is 3.57. The largest absolute Gasteiger partial charge is 0.460 e. The molecule has 76 valence electrons. The molecule has 1 aromatic heterocycles. The minimum Gasteiger partial charge on any atom is -0.460 e. The fourth-order valence-electron chi connectivity index (χ4n) is 2.33. The van der Waals surface area contributed by atoms with Gasteiger partial charge in [-0.25, -0.2) is 0 Å². The topological polar surface area (TPSA) is 13.1 Å². The molecule has 0 radical (unpaired) electrons. The second-order valence-corrected chi connectivity index (χ2v) is 4.37. The number of fused-ring (bicyclic) bond motifs is 3. The third kappa shape index (κ3) is 1.16. The maximum absolute atomic E-state index is 5.98. The Morgan fingerprint density at radius 1 is 1.33 bits per heavy atom. The predicted octanol–water partition coefficient (Wildman–Crippen LogP) is 4.26. The van der Waals surface area contributed by atoms with Crippen molar-refractivity contribution in [1.29, 1.82) is 0 Å². The Labute approximate surface area is 89.4 Å². The molecular formula is C14H14O. The van der Waals surface area contributed by atoms with E-state index in [1.807, 2.05) is 0 Å². The molecule has 2 aromatic rings. The van der Waals surface area contributed by atoms with Gasteiger partial charge in [-0.05, 0) is 18.9 Å². The first-order valence-electron chi connectivity index (χ1n) is 5.46. The zero-order chi connectivity index (χ0) is 10.4. The Kier molecular flexibility index (Phi) is 1.75. The molecule has 0 fully saturated rings. The Balaban J connectivity index is 2.41. The van der Waals surface area contributed by atoms with E-state index in [0.717, 1.165) is 17.8 Å². The van der Waals surface area contributed by atoms with Gasteiger partial charge in [0, 0.05) is 16.9 Å². The van der Waals surface area contributed by atoms with Crippen LogP contribution in [-0.4, -0.2) is 0 Å². The van der Waals surface area contributed by atoms with Crippen LogP contribution in [0, 0.1) is 6.92 Å². The Morgan fingerprint density at radius 3 is 3.07 bits per heavy atom. The molecule has 1 heteroatoms. The second kappa shape index (κ2) is 2.99. The molecule has 1 heterocycles. The molecule has 1 atom stereocenters. The van der Waals surface area contributed by atoms with Crippen molar-refractivity contribution in [3.05, 3.63) is 41.2 Å². The fourth-order valence-corrected chi connectivity index (χ4v) is 2.33. The van der Waals surface area contributed by atoms with Crippen LogP contribution in [0.15, 0.2) is 28.7 Å². The summed E-state index contributed by atoms with van der Waals surface area (Å²) in [4.78, 5) is 0. The molecule has 0 aliphatic heterocycles. The molecule has 1 nitrogen and oxygen atoms in total. The Bertz CT molecular complexity index is 546. The normalized spacial score (nSPS) is 19.5. The average molecular weight is 198 g/mol. The minimum absolute atomic E-state index is 0.511. The van der Waals surface area contributed by atoms with Gasteiger partial charge in [-0.2, -0.15) is 0 Å². The molecule has 1 unspecified atom stereocenters. The smallest absolute Gasteiger partial charge is 0.137 e. The van der Waals surface area contributed by atoms with E-state index in [1.54, 1.807) is 0 Å². The first kappa shape index (κ1) is 8.78. The van der Waals surface area contributed by atoms with Crippen LogP contribution >= 0.6 is 0 Å². The zero-order valence-corrected chi connectivity index (χ0v) is 9.08. The van der Waals surface area contributed by atoms with Crippen LogP contribution in [0.25, 0.3) is 17.0 Å². The molecule has 1 aliphatic rings. The number of benzene rings is 1. The van der Waals surface area contributed by atoms with Gasteiger partial charge in [-0.1, -0.05) is 37.3 Å². The van der Waals surface area contributed by atoms with Crippen LogP contribution in [0.1, 0.15) is 36.1 Å². The summed E-state index contributed by atoms with van der Waals surface area (Å²) in [6.45, 7) is 4.33.